The SMILES string of the molecule is CN=C(NCCc1cccc(F)c1F)N1CCN(c2cccs2)CC1.I. The van der Waals surface area contributed by atoms with Crippen molar-refractivity contribution in [3.8, 4) is 0 Å². The second-order valence-electron chi connectivity index (χ2n) is 5.86. The van der Waals surface area contributed by atoms with Crippen LogP contribution in [0.5, 0.6) is 0 Å². The summed E-state index contributed by atoms with van der Waals surface area (Å²) in [7, 11) is 1.75. The number of nitrogens with one attached hydrogen (secondary N) is 1. The summed E-state index contributed by atoms with van der Waals surface area (Å²) in [5.41, 5.74) is 0.380. The smallest absolute Gasteiger partial charge is 0.193 e. The van der Waals surface area contributed by atoms with Crippen LogP contribution in [0, 0.1) is 11.6 Å². The molecule has 1 aliphatic rings. The van der Waals surface area contributed by atoms with Crippen LogP contribution >= 0.6 is 35.3 Å². The monoisotopic (exact) mass is 492 g/mol. The zero-order chi connectivity index (χ0) is 17.6. The van der Waals surface area contributed by atoms with E-state index in [0.717, 1.165) is 38.2 Å². The van der Waals surface area contributed by atoms with Crippen molar-refractivity contribution in [2.45, 2.75) is 6.42 Å². The largest absolute Gasteiger partial charge is 0.360 e. The Morgan fingerprint density at radius 2 is 1.92 bits per heavy atom. The summed E-state index contributed by atoms with van der Waals surface area (Å²) in [6, 6.07) is 8.49. The topological polar surface area (TPSA) is 30.9 Å². The Bertz CT molecular complexity index is 716. The number of benzene rings is 1. The van der Waals surface area contributed by atoms with E-state index in [1.807, 2.05) is 0 Å². The average Bonchev–Trinajstić information content (AvgIpc) is 3.17. The van der Waals surface area contributed by atoms with E-state index in [-0.39, 0.29) is 24.0 Å². The van der Waals surface area contributed by atoms with E-state index in [9.17, 15) is 8.78 Å². The number of nitrogens with zero attached hydrogens (tertiary/aromatic N) is 3. The van der Waals surface area contributed by atoms with Crippen LogP contribution in [0.1, 0.15) is 5.56 Å². The molecule has 0 bridgehead atoms. The average molecular weight is 492 g/mol. The molecule has 1 fully saturated rings. The van der Waals surface area contributed by atoms with E-state index in [1.165, 1.54) is 11.1 Å². The standard InChI is InChI=1S/C18H22F2N4S.HI/c1-21-18(22-8-7-14-4-2-5-15(19)17(14)20)24-11-9-23(10-12-24)16-6-3-13-25-16;/h2-6,13H,7-12H2,1H3,(H,21,22);1H. The Hall–Kier alpha value is -1.42. The van der Waals surface area contributed by atoms with Gasteiger partial charge in [-0.15, -0.1) is 35.3 Å². The fourth-order valence-corrected chi connectivity index (χ4v) is 3.76. The Balaban J connectivity index is 0.00000243. The first kappa shape index (κ1) is 20.9. The highest BCUT2D eigenvalue weighted by Gasteiger charge is 2.20. The highest BCUT2D eigenvalue weighted by atomic mass is 127. The summed E-state index contributed by atoms with van der Waals surface area (Å²) >= 11 is 1.75. The van der Waals surface area contributed by atoms with Gasteiger partial charge >= 0.3 is 0 Å². The van der Waals surface area contributed by atoms with Gasteiger partial charge in [0.25, 0.3) is 0 Å². The van der Waals surface area contributed by atoms with Gasteiger partial charge in [0.2, 0.25) is 0 Å². The minimum Gasteiger partial charge on any atom is -0.360 e. The van der Waals surface area contributed by atoms with Crippen molar-refractivity contribution in [2.75, 3.05) is 44.7 Å². The molecule has 2 aromatic rings. The molecular weight excluding hydrogens is 469 g/mol. The summed E-state index contributed by atoms with van der Waals surface area (Å²) in [6.45, 7) is 4.16. The molecule has 1 aromatic heterocycles. The molecule has 0 amide bonds. The van der Waals surface area contributed by atoms with Gasteiger partial charge in [0.15, 0.2) is 17.6 Å². The van der Waals surface area contributed by atoms with Gasteiger partial charge in [-0.25, -0.2) is 8.78 Å². The lowest BCUT2D eigenvalue weighted by molar-refractivity contribution is 0.373. The predicted molar refractivity (Wildman–Crippen MR) is 115 cm³/mol. The number of hydrogen-bond donors (Lipinski definition) is 1. The summed E-state index contributed by atoms with van der Waals surface area (Å²) in [4.78, 5) is 8.89. The molecule has 0 unspecified atom stereocenters. The quantitative estimate of drug-likeness (QED) is 0.402. The molecule has 0 atom stereocenters. The molecule has 0 radical (unpaired) electrons. The fourth-order valence-electron chi connectivity index (χ4n) is 2.97. The van der Waals surface area contributed by atoms with Crippen molar-refractivity contribution < 1.29 is 8.78 Å². The predicted octanol–water partition coefficient (Wildman–Crippen LogP) is 3.58. The minimum atomic E-state index is -0.799. The molecule has 0 spiro atoms. The second-order valence-corrected chi connectivity index (χ2v) is 6.79. The number of piperazine rings is 1. The lowest BCUT2D eigenvalue weighted by Crippen LogP contribution is -2.52. The maximum Gasteiger partial charge on any atom is 0.193 e. The lowest BCUT2D eigenvalue weighted by atomic mass is 10.1. The first-order valence-electron chi connectivity index (χ1n) is 8.36. The number of halogens is 3. The fraction of sp³-hybridized carbons (Fsp3) is 0.389. The molecule has 1 N–H and O–H groups in total. The van der Waals surface area contributed by atoms with E-state index in [2.05, 4.69) is 37.6 Å². The van der Waals surface area contributed by atoms with Gasteiger partial charge in [0.05, 0.1) is 5.00 Å². The minimum absolute atomic E-state index is 0. The first-order valence-corrected chi connectivity index (χ1v) is 9.24. The van der Waals surface area contributed by atoms with Crippen molar-refractivity contribution in [2.24, 2.45) is 4.99 Å². The lowest BCUT2D eigenvalue weighted by Gasteiger charge is -2.37. The summed E-state index contributed by atoms with van der Waals surface area (Å²) in [5.74, 6) is -0.752. The highest BCUT2D eigenvalue weighted by molar-refractivity contribution is 14.0. The molecule has 8 heteroatoms. The van der Waals surface area contributed by atoms with Gasteiger partial charge in [-0.2, -0.15) is 0 Å². The van der Waals surface area contributed by atoms with Gasteiger partial charge < -0.3 is 15.1 Å². The van der Waals surface area contributed by atoms with Gasteiger partial charge in [0.1, 0.15) is 0 Å². The van der Waals surface area contributed by atoms with E-state index >= 15 is 0 Å². The van der Waals surface area contributed by atoms with Crippen LogP contribution in [-0.4, -0.2) is 50.6 Å². The number of hydrogen-bond acceptors (Lipinski definition) is 3. The first-order chi connectivity index (χ1) is 12.2. The van der Waals surface area contributed by atoms with Crippen LogP contribution in [0.25, 0.3) is 0 Å². The van der Waals surface area contributed by atoms with E-state index < -0.39 is 11.6 Å². The molecule has 1 aromatic carbocycles. The molecular formula is C18H23F2IN4S. The van der Waals surface area contributed by atoms with Gasteiger partial charge in [0, 0.05) is 39.8 Å². The highest BCUT2D eigenvalue weighted by Crippen LogP contribution is 2.22. The number of thiophene rings is 1. The molecule has 1 saturated heterocycles. The zero-order valence-electron chi connectivity index (χ0n) is 14.6. The van der Waals surface area contributed by atoms with Gasteiger partial charge in [-0.05, 0) is 35.6 Å². The van der Waals surface area contributed by atoms with Crippen LogP contribution in [0.4, 0.5) is 13.8 Å². The van der Waals surface area contributed by atoms with Crippen LogP contribution in [0.3, 0.4) is 0 Å². The van der Waals surface area contributed by atoms with Crippen LogP contribution in [-0.2, 0) is 6.42 Å². The number of anilines is 1. The molecule has 2 heterocycles. The van der Waals surface area contributed by atoms with Crippen molar-refractivity contribution in [3.05, 3.63) is 52.9 Å². The molecule has 3 rings (SSSR count). The van der Waals surface area contributed by atoms with Crippen molar-refractivity contribution in [3.63, 3.8) is 0 Å². The van der Waals surface area contributed by atoms with Crippen molar-refractivity contribution in [1.29, 1.82) is 0 Å². The Morgan fingerprint density at radius 3 is 2.58 bits per heavy atom. The Kier molecular flexibility index (Phi) is 8.08. The molecule has 0 aliphatic carbocycles. The molecule has 0 saturated carbocycles. The van der Waals surface area contributed by atoms with E-state index in [0.29, 0.717) is 18.5 Å². The van der Waals surface area contributed by atoms with Gasteiger partial charge in [-0.1, -0.05) is 12.1 Å². The van der Waals surface area contributed by atoms with Crippen LogP contribution < -0.4 is 10.2 Å². The van der Waals surface area contributed by atoms with Crippen molar-refractivity contribution in [1.82, 2.24) is 10.2 Å². The van der Waals surface area contributed by atoms with Crippen molar-refractivity contribution >= 4 is 46.3 Å². The van der Waals surface area contributed by atoms with Crippen LogP contribution in [0.15, 0.2) is 40.7 Å². The summed E-state index contributed by atoms with van der Waals surface area (Å²) in [5, 5.41) is 6.64. The second kappa shape index (κ2) is 10.1. The molecule has 26 heavy (non-hydrogen) atoms. The van der Waals surface area contributed by atoms with Crippen LogP contribution in [0.2, 0.25) is 0 Å². The van der Waals surface area contributed by atoms with E-state index in [4.69, 9.17) is 0 Å². The maximum atomic E-state index is 13.7. The maximum absolute atomic E-state index is 13.7. The van der Waals surface area contributed by atoms with Gasteiger partial charge in [-0.3, -0.25) is 4.99 Å². The molecule has 1 aliphatic heterocycles. The zero-order valence-corrected chi connectivity index (χ0v) is 17.8. The Morgan fingerprint density at radius 1 is 1.15 bits per heavy atom. The summed E-state index contributed by atoms with van der Waals surface area (Å²) in [6.07, 6.45) is 0.414. The third-order valence-corrected chi connectivity index (χ3v) is 5.25. The number of rotatable bonds is 4. The molecule has 142 valence electrons. The molecule has 4 nitrogen and oxygen atoms in total. The number of aliphatic imine (C=N–C) groups is 1. The third-order valence-electron chi connectivity index (χ3n) is 4.32. The summed E-state index contributed by atoms with van der Waals surface area (Å²) < 4.78 is 26.9. The Labute approximate surface area is 173 Å². The number of guanidine groups is 1. The third kappa shape index (κ3) is 5.06. The van der Waals surface area contributed by atoms with E-state index in [1.54, 1.807) is 24.5 Å². The normalized spacial score (nSPS) is 15.0.